The first-order chi connectivity index (χ1) is 15.6. The molecule has 0 aliphatic heterocycles. The smallest absolute Gasteiger partial charge is 0.256 e. The number of benzene rings is 3. The van der Waals surface area contributed by atoms with Crippen LogP contribution in [0.2, 0.25) is 10.0 Å². The number of hydrogen-bond donors (Lipinski definition) is 0. The molecule has 3 aromatic carbocycles. The summed E-state index contributed by atoms with van der Waals surface area (Å²) in [7, 11) is 1.62. The number of ether oxygens (including phenoxy) is 1. The molecule has 4 rings (SSSR count). The van der Waals surface area contributed by atoms with E-state index in [9.17, 15) is 4.79 Å². The Balaban J connectivity index is 1.76. The molecule has 4 aromatic rings. The van der Waals surface area contributed by atoms with Crippen molar-refractivity contribution in [3.8, 4) is 11.4 Å². The van der Waals surface area contributed by atoms with E-state index < -0.39 is 0 Å². The molecule has 0 unspecified atom stereocenters. The number of nitrogens with zero attached hydrogens (tertiary/aromatic N) is 2. The fourth-order valence-corrected chi connectivity index (χ4v) is 4.18. The first-order valence-corrected chi connectivity index (χ1v) is 10.9. The fraction of sp³-hybridized carbons (Fsp3) is 0.115. The van der Waals surface area contributed by atoms with Crippen molar-refractivity contribution in [1.29, 1.82) is 0 Å². The Hall–Kier alpha value is -3.21. The predicted octanol–water partition coefficient (Wildman–Crippen LogP) is 6.64. The van der Waals surface area contributed by atoms with Crippen molar-refractivity contribution in [2.24, 2.45) is 0 Å². The minimum atomic E-state index is -0.129. The third-order valence-electron chi connectivity index (χ3n) is 5.27. The van der Waals surface area contributed by atoms with Crippen LogP contribution >= 0.6 is 23.2 Å². The molecule has 0 radical (unpaired) electrons. The minimum absolute atomic E-state index is 0.129. The molecule has 1 heterocycles. The number of halogens is 2. The molecular weight excluding hydrogens is 443 g/mol. The summed E-state index contributed by atoms with van der Waals surface area (Å²) in [5, 5.41) is 1.04. The Morgan fingerprint density at radius 3 is 2.22 bits per heavy atom. The SMILES string of the molecule is COc1ccccc1CN(Cc1c(Cl)cccc1Cl)C(=O)c1ccccc1-n1cccc1. The summed E-state index contributed by atoms with van der Waals surface area (Å²) in [6.45, 7) is 0.597. The maximum atomic E-state index is 13.9. The maximum absolute atomic E-state index is 13.9. The number of carbonyl (C=O) groups excluding carboxylic acids is 1. The van der Waals surface area contributed by atoms with Crippen molar-refractivity contribution in [1.82, 2.24) is 9.47 Å². The molecule has 0 saturated carbocycles. The number of hydrogen-bond acceptors (Lipinski definition) is 2. The zero-order valence-corrected chi connectivity index (χ0v) is 19.1. The van der Waals surface area contributed by atoms with Crippen LogP contribution < -0.4 is 4.74 Å². The van der Waals surface area contributed by atoms with Gasteiger partial charge in [0.2, 0.25) is 0 Å². The van der Waals surface area contributed by atoms with Crippen LogP contribution in [0, 0.1) is 0 Å². The number of para-hydroxylation sites is 2. The predicted molar refractivity (Wildman–Crippen MR) is 129 cm³/mol. The highest BCUT2D eigenvalue weighted by atomic mass is 35.5. The van der Waals surface area contributed by atoms with E-state index in [4.69, 9.17) is 27.9 Å². The molecule has 0 N–H and O–H groups in total. The lowest BCUT2D eigenvalue weighted by Crippen LogP contribution is -2.31. The molecule has 4 nitrogen and oxygen atoms in total. The molecule has 0 saturated heterocycles. The molecule has 0 aliphatic rings. The summed E-state index contributed by atoms with van der Waals surface area (Å²) < 4.78 is 7.45. The van der Waals surface area contributed by atoms with Crippen LogP contribution in [-0.4, -0.2) is 22.5 Å². The maximum Gasteiger partial charge on any atom is 0.256 e. The number of methoxy groups -OCH3 is 1. The van der Waals surface area contributed by atoms with Gasteiger partial charge in [-0.2, -0.15) is 0 Å². The highest BCUT2D eigenvalue weighted by Crippen LogP contribution is 2.29. The zero-order valence-electron chi connectivity index (χ0n) is 17.5. The van der Waals surface area contributed by atoms with Gasteiger partial charge in [0.15, 0.2) is 0 Å². The monoisotopic (exact) mass is 464 g/mol. The molecule has 1 amide bonds. The first kappa shape index (κ1) is 22.0. The van der Waals surface area contributed by atoms with Gasteiger partial charge in [-0.25, -0.2) is 0 Å². The zero-order chi connectivity index (χ0) is 22.5. The van der Waals surface area contributed by atoms with Crippen LogP contribution in [0.3, 0.4) is 0 Å². The highest BCUT2D eigenvalue weighted by Gasteiger charge is 2.23. The summed E-state index contributed by atoms with van der Waals surface area (Å²) in [5.41, 5.74) is 2.99. The number of aromatic nitrogens is 1. The second-order valence-electron chi connectivity index (χ2n) is 7.28. The average Bonchev–Trinajstić information content (AvgIpc) is 3.35. The lowest BCUT2D eigenvalue weighted by Gasteiger charge is -2.26. The Kier molecular flexibility index (Phi) is 6.84. The van der Waals surface area contributed by atoms with E-state index in [0.29, 0.717) is 33.5 Å². The Morgan fingerprint density at radius 1 is 0.844 bits per heavy atom. The van der Waals surface area contributed by atoms with Crippen molar-refractivity contribution in [3.63, 3.8) is 0 Å². The Bertz CT molecular complexity index is 1200. The van der Waals surface area contributed by atoms with E-state index in [1.165, 1.54) is 0 Å². The van der Waals surface area contributed by atoms with E-state index in [1.54, 1.807) is 30.2 Å². The summed E-state index contributed by atoms with van der Waals surface area (Å²) >= 11 is 12.9. The van der Waals surface area contributed by atoms with Gasteiger partial charge >= 0.3 is 0 Å². The number of carbonyl (C=O) groups is 1. The molecule has 0 bridgehead atoms. The lowest BCUT2D eigenvalue weighted by molar-refractivity contribution is 0.0729. The first-order valence-electron chi connectivity index (χ1n) is 10.1. The largest absolute Gasteiger partial charge is 0.496 e. The Labute approximate surface area is 197 Å². The molecule has 1 aromatic heterocycles. The lowest BCUT2D eigenvalue weighted by atomic mass is 10.1. The van der Waals surface area contributed by atoms with Gasteiger partial charge in [0.25, 0.3) is 5.91 Å². The van der Waals surface area contributed by atoms with Crippen molar-refractivity contribution in [3.05, 3.63) is 118 Å². The molecule has 0 spiro atoms. The van der Waals surface area contributed by atoms with Gasteiger partial charge in [-0.3, -0.25) is 4.79 Å². The Morgan fingerprint density at radius 2 is 1.50 bits per heavy atom. The van der Waals surface area contributed by atoms with Crippen molar-refractivity contribution in [2.45, 2.75) is 13.1 Å². The van der Waals surface area contributed by atoms with Crippen LogP contribution in [0.1, 0.15) is 21.5 Å². The van der Waals surface area contributed by atoms with E-state index in [2.05, 4.69) is 0 Å². The molecule has 0 atom stereocenters. The van der Waals surface area contributed by atoms with Gasteiger partial charge in [-0.1, -0.05) is 59.6 Å². The summed E-state index contributed by atoms with van der Waals surface area (Å²) in [4.78, 5) is 15.6. The van der Waals surface area contributed by atoms with Gasteiger partial charge in [-0.15, -0.1) is 0 Å². The molecule has 0 aliphatic carbocycles. The average molecular weight is 465 g/mol. The van der Waals surface area contributed by atoms with Gasteiger partial charge in [-0.05, 0) is 42.5 Å². The van der Waals surface area contributed by atoms with Crippen molar-refractivity contribution < 1.29 is 9.53 Å². The van der Waals surface area contributed by atoms with E-state index in [-0.39, 0.29) is 12.5 Å². The third-order valence-corrected chi connectivity index (χ3v) is 5.98. The molecule has 6 heteroatoms. The van der Waals surface area contributed by atoms with Crippen LogP contribution in [0.25, 0.3) is 5.69 Å². The number of rotatable bonds is 7. The second kappa shape index (κ2) is 9.94. The molecular formula is C26H22Cl2N2O2. The van der Waals surface area contributed by atoms with Crippen molar-refractivity contribution >= 4 is 29.1 Å². The van der Waals surface area contributed by atoms with Crippen LogP contribution in [0.5, 0.6) is 5.75 Å². The van der Waals surface area contributed by atoms with E-state index in [1.807, 2.05) is 77.6 Å². The topological polar surface area (TPSA) is 34.5 Å². The molecule has 0 fully saturated rings. The van der Waals surface area contributed by atoms with Gasteiger partial charge < -0.3 is 14.2 Å². The quantitative estimate of drug-likeness (QED) is 0.307. The minimum Gasteiger partial charge on any atom is -0.496 e. The number of amides is 1. The highest BCUT2D eigenvalue weighted by molar-refractivity contribution is 6.36. The normalized spacial score (nSPS) is 10.7. The fourth-order valence-electron chi connectivity index (χ4n) is 3.66. The summed E-state index contributed by atoms with van der Waals surface area (Å²) in [6, 6.07) is 24.4. The van der Waals surface area contributed by atoms with Crippen LogP contribution in [0.4, 0.5) is 0 Å². The van der Waals surface area contributed by atoms with Gasteiger partial charge in [0, 0.05) is 46.7 Å². The second-order valence-corrected chi connectivity index (χ2v) is 8.10. The van der Waals surface area contributed by atoms with Crippen molar-refractivity contribution in [2.75, 3.05) is 7.11 Å². The van der Waals surface area contributed by atoms with Gasteiger partial charge in [0.05, 0.1) is 18.4 Å². The van der Waals surface area contributed by atoms with E-state index >= 15 is 0 Å². The summed E-state index contributed by atoms with van der Waals surface area (Å²) in [6.07, 6.45) is 3.84. The van der Waals surface area contributed by atoms with E-state index in [0.717, 1.165) is 11.3 Å². The van der Waals surface area contributed by atoms with Crippen LogP contribution in [0.15, 0.2) is 91.3 Å². The molecule has 162 valence electrons. The third kappa shape index (κ3) is 4.67. The summed E-state index contributed by atoms with van der Waals surface area (Å²) in [5.74, 6) is 0.588. The van der Waals surface area contributed by atoms with Gasteiger partial charge in [0.1, 0.15) is 5.75 Å². The molecule has 32 heavy (non-hydrogen) atoms. The van der Waals surface area contributed by atoms with Crippen LogP contribution in [-0.2, 0) is 13.1 Å². The standard InChI is InChI=1S/C26H22Cl2N2O2/c1-32-25-14-5-2-9-19(25)17-30(18-21-22(27)11-8-12-23(21)28)26(31)20-10-3-4-13-24(20)29-15-6-7-16-29/h2-16H,17-18H2,1H3.